The summed E-state index contributed by atoms with van der Waals surface area (Å²) in [6.07, 6.45) is 0. The third-order valence-corrected chi connectivity index (χ3v) is 8.03. The standard InChI is InChI=1S/C43H27N3O/c1-3-11-28(12-4-1)32-25-26-34-33(27-32)15-9-18-36(34)43-45-41(30-13-5-2-6-14-30)44-42(46-43)31-23-21-29(22-24-31)35-17-10-20-39-40(35)37-16-7-8-19-38(37)47-39/h1-27H/i1D,3D,4D,9D,11D,12D,15D,18D,25D,26D. The molecular weight excluding hydrogens is 574 g/mol. The monoisotopic (exact) mass is 611 g/mol. The maximum atomic E-state index is 9.21. The molecule has 0 N–H and O–H groups in total. The highest BCUT2D eigenvalue weighted by Gasteiger charge is 2.16. The van der Waals surface area contributed by atoms with Crippen molar-refractivity contribution in [2.24, 2.45) is 0 Å². The van der Waals surface area contributed by atoms with Gasteiger partial charge in [0.25, 0.3) is 0 Å². The van der Waals surface area contributed by atoms with Crippen molar-refractivity contribution in [3.63, 3.8) is 0 Å². The fourth-order valence-electron chi connectivity index (χ4n) is 5.80. The van der Waals surface area contributed by atoms with Crippen LogP contribution in [0.15, 0.2) is 168 Å². The number of hydrogen-bond acceptors (Lipinski definition) is 4. The number of aromatic nitrogens is 3. The van der Waals surface area contributed by atoms with Crippen molar-refractivity contribution in [2.45, 2.75) is 0 Å². The first-order valence-corrected chi connectivity index (χ1v) is 14.9. The van der Waals surface area contributed by atoms with Crippen LogP contribution in [-0.4, -0.2) is 15.0 Å². The first-order valence-electron chi connectivity index (χ1n) is 19.9. The number of nitrogens with zero attached hydrogens (tertiary/aromatic N) is 3. The maximum Gasteiger partial charge on any atom is 0.164 e. The first kappa shape index (κ1) is 18.5. The summed E-state index contributed by atoms with van der Waals surface area (Å²) in [6.45, 7) is 0. The van der Waals surface area contributed by atoms with E-state index < -0.39 is 60.4 Å². The lowest BCUT2D eigenvalue weighted by atomic mass is 9.98. The van der Waals surface area contributed by atoms with Gasteiger partial charge in [-0.1, -0.05) is 145 Å². The first-order chi connectivity index (χ1) is 27.4. The Labute approximate surface area is 285 Å². The molecule has 0 fully saturated rings. The molecule has 2 aromatic heterocycles. The number of benzene rings is 7. The van der Waals surface area contributed by atoms with Crippen LogP contribution in [0, 0.1) is 0 Å². The second kappa shape index (κ2) is 11.2. The molecule has 220 valence electrons. The molecule has 4 heteroatoms. The van der Waals surface area contributed by atoms with E-state index >= 15 is 0 Å². The molecule has 7 aromatic carbocycles. The van der Waals surface area contributed by atoms with Crippen LogP contribution in [0.4, 0.5) is 0 Å². The molecular formula is C43H27N3O. The zero-order chi connectivity index (χ0) is 39.9. The third-order valence-electron chi connectivity index (χ3n) is 8.03. The molecule has 4 nitrogen and oxygen atoms in total. The minimum absolute atomic E-state index is 0.0395. The van der Waals surface area contributed by atoms with Crippen molar-refractivity contribution >= 4 is 32.7 Å². The van der Waals surface area contributed by atoms with E-state index in [0.29, 0.717) is 11.1 Å². The molecule has 0 saturated carbocycles. The van der Waals surface area contributed by atoms with Crippen molar-refractivity contribution in [2.75, 3.05) is 0 Å². The fourth-order valence-corrected chi connectivity index (χ4v) is 5.80. The Kier molecular flexibility index (Phi) is 4.42. The second-order valence-corrected chi connectivity index (χ2v) is 10.9. The van der Waals surface area contributed by atoms with E-state index in [0.717, 1.165) is 33.1 Å². The maximum absolute atomic E-state index is 9.21. The molecule has 0 atom stereocenters. The Hall–Kier alpha value is -6.39. The normalized spacial score (nSPS) is 14.4. The van der Waals surface area contributed by atoms with E-state index in [4.69, 9.17) is 31.7 Å². The number of rotatable bonds is 5. The lowest BCUT2D eigenvalue weighted by molar-refractivity contribution is 0.669. The molecule has 0 aliphatic rings. The highest BCUT2D eigenvalue weighted by molar-refractivity contribution is 6.12. The van der Waals surface area contributed by atoms with Crippen molar-refractivity contribution in [3.8, 4) is 56.4 Å². The predicted molar refractivity (Wildman–Crippen MR) is 192 cm³/mol. The molecule has 0 aliphatic carbocycles. The molecule has 0 unspecified atom stereocenters. The summed E-state index contributed by atoms with van der Waals surface area (Å²) in [4.78, 5) is 14.4. The number of hydrogen-bond donors (Lipinski definition) is 0. The second-order valence-electron chi connectivity index (χ2n) is 10.9. The Morgan fingerprint density at radius 2 is 1.13 bits per heavy atom. The van der Waals surface area contributed by atoms with Crippen LogP contribution in [0.1, 0.15) is 13.7 Å². The number of fused-ring (bicyclic) bond motifs is 4. The van der Waals surface area contributed by atoms with Gasteiger partial charge < -0.3 is 4.42 Å². The van der Waals surface area contributed by atoms with Crippen LogP contribution < -0.4 is 0 Å². The van der Waals surface area contributed by atoms with E-state index in [1.165, 1.54) is 6.07 Å². The van der Waals surface area contributed by atoms with E-state index in [-0.39, 0.29) is 44.9 Å². The fraction of sp³-hybridized carbons (Fsp3) is 0. The van der Waals surface area contributed by atoms with E-state index in [2.05, 4.69) is 0 Å². The van der Waals surface area contributed by atoms with Crippen molar-refractivity contribution in [1.82, 2.24) is 15.0 Å². The Morgan fingerprint density at radius 3 is 1.96 bits per heavy atom. The Morgan fingerprint density at radius 1 is 0.426 bits per heavy atom. The SMILES string of the molecule is [2H]c1c([2H])c([2H])c(-c2cc3c([2H])c([2H])c([2H])c(-c4nc(-c5ccccc5)nc(-c5ccc(-c6cccc7oc8ccccc8c67)cc5)n4)c3c([2H])c2[2H])c([2H])c1[2H]. The average Bonchev–Trinajstić information content (AvgIpc) is 3.63. The van der Waals surface area contributed by atoms with Gasteiger partial charge in [-0.05, 0) is 51.2 Å². The van der Waals surface area contributed by atoms with Gasteiger partial charge in [0.1, 0.15) is 11.2 Å². The average molecular weight is 612 g/mol. The van der Waals surface area contributed by atoms with Crippen molar-refractivity contribution in [3.05, 3.63) is 164 Å². The van der Waals surface area contributed by atoms with Crippen LogP contribution in [0.3, 0.4) is 0 Å². The van der Waals surface area contributed by atoms with Gasteiger partial charge in [-0.2, -0.15) is 0 Å². The van der Waals surface area contributed by atoms with Crippen LogP contribution in [0.25, 0.3) is 89.1 Å². The number of furan rings is 1. The molecule has 47 heavy (non-hydrogen) atoms. The summed E-state index contributed by atoms with van der Waals surface area (Å²) in [7, 11) is 0. The molecule has 0 spiro atoms. The summed E-state index contributed by atoms with van der Waals surface area (Å²) < 4.78 is 92.5. The predicted octanol–water partition coefficient (Wildman–Crippen LogP) is 11.3. The summed E-state index contributed by atoms with van der Waals surface area (Å²) in [5, 5.41) is 1.89. The minimum Gasteiger partial charge on any atom is -0.456 e. The molecule has 9 rings (SSSR count). The van der Waals surface area contributed by atoms with Gasteiger partial charge >= 0.3 is 0 Å². The molecule has 2 heterocycles. The lowest BCUT2D eigenvalue weighted by Crippen LogP contribution is -2.00. The van der Waals surface area contributed by atoms with Crippen molar-refractivity contribution in [1.29, 1.82) is 0 Å². The smallest absolute Gasteiger partial charge is 0.164 e. The van der Waals surface area contributed by atoms with Crippen LogP contribution in [-0.2, 0) is 0 Å². The van der Waals surface area contributed by atoms with Gasteiger partial charge in [-0.3, -0.25) is 0 Å². The summed E-state index contributed by atoms with van der Waals surface area (Å²) in [5.41, 5.74) is 4.14. The zero-order valence-electron chi connectivity index (χ0n) is 34.6. The molecule has 9 aromatic rings. The quantitative estimate of drug-likeness (QED) is 0.194. The summed E-state index contributed by atoms with van der Waals surface area (Å²) >= 11 is 0. The van der Waals surface area contributed by atoms with Gasteiger partial charge in [-0.15, -0.1) is 0 Å². The van der Waals surface area contributed by atoms with Crippen LogP contribution in [0.2, 0.25) is 0 Å². The van der Waals surface area contributed by atoms with Gasteiger partial charge in [-0.25, -0.2) is 15.0 Å². The third kappa shape index (κ3) is 4.84. The van der Waals surface area contributed by atoms with Crippen LogP contribution >= 0.6 is 0 Å². The Balaban J connectivity index is 1.26. The van der Waals surface area contributed by atoms with E-state index in [1.807, 2.05) is 97.1 Å². The number of para-hydroxylation sites is 1. The molecule has 0 amide bonds. The van der Waals surface area contributed by atoms with Gasteiger partial charge in [0.05, 0.1) is 13.7 Å². The van der Waals surface area contributed by atoms with Crippen molar-refractivity contribution < 1.29 is 18.1 Å². The van der Waals surface area contributed by atoms with Gasteiger partial charge in [0.15, 0.2) is 17.5 Å². The lowest BCUT2D eigenvalue weighted by Gasteiger charge is -2.12. The zero-order valence-corrected chi connectivity index (χ0v) is 24.6. The van der Waals surface area contributed by atoms with Gasteiger partial charge in [0.2, 0.25) is 0 Å². The largest absolute Gasteiger partial charge is 0.456 e. The molecule has 0 saturated heterocycles. The molecule has 0 bridgehead atoms. The van der Waals surface area contributed by atoms with E-state index in [9.17, 15) is 1.37 Å². The minimum atomic E-state index is -0.613. The highest BCUT2D eigenvalue weighted by atomic mass is 16.3. The topological polar surface area (TPSA) is 51.8 Å². The highest BCUT2D eigenvalue weighted by Crippen LogP contribution is 2.37. The summed E-state index contributed by atoms with van der Waals surface area (Å²) in [6, 6.07) is 26.5. The molecule has 0 radical (unpaired) electrons. The molecule has 0 aliphatic heterocycles. The summed E-state index contributed by atoms with van der Waals surface area (Å²) in [5.74, 6) is 0.418. The Bertz CT molecular complexity index is 3100. The van der Waals surface area contributed by atoms with Gasteiger partial charge in [0, 0.05) is 27.5 Å². The van der Waals surface area contributed by atoms with E-state index in [1.54, 1.807) is 0 Å². The van der Waals surface area contributed by atoms with Crippen LogP contribution in [0.5, 0.6) is 0 Å².